The Morgan fingerprint density at radius 2 is 1.56 bits per heavy atom. The van der Waals surface area contributed by atoms with Crippen molar-refractivity contribution in [1.82, 2.24) is 5.43 Å². The molecule has 0 heterocycles. The third kappa shape index (κ3) is 8.28. The van der Waals surface area contributed by atoms with Gasteiger partial charge in [-0.2, -0.15) is 5.10 Å². The van der Waals surface area contributed by atoms with E-state index in [0.717, 1.165) is 5.56 Å². The van der Waals surface area contributed by atoms with Crippen LogP contribution in [-0.4, -0.2) is 28.9 Å². The van der Waals surface area contributed by atoms with E-state index >= 15 is 0 Å². The Hall–Kier alpha value is -5.42. The lowest BCUT2D eigenvalue weighted by Gasteiger charge is -2.08. The molecule has 2 N–H and O–H groups in total. The molecule has 0 radical (unpaired) electrons. The molecule has 0 spiro atoms. The Kier molecular flexibility index (Phi) is 9.47. The summed E-state index contributed by atoms with van der Waals surface area (Å²) < 4.78 is 6.12. The average Bonchev–Trinajstić information content (AvgIpc) is 2.98. The predicted molar refractivity (Wildman–Crippen MR) is 158 cm³/mol. The Morgan fingerprint density at radius 1 is 0.878 bits per heavy atom. The van der Waals surface area contributed by atoms with Crippen LogP contribution < -0.4 is 15.5 Å². The number of benzene rings is 4. The predicted octanol–water partition coefficient (Wildman–Crippen LogP) is 5.99. The second-order valence-corrected chi connectivity index (χ2v) is 9.30. The molecule has 0 atom stereocenters. The van der Waals surface area contributed by atoms with Gasteiger partial charge < -0.3 is 10.1 Å². The number of carbonyl (C=O) groups excluding carboxylic acids is 3. The molecule has 0 unspecified atom stereocenters. The summed E-state index contributed by atoms with van der Waals surface area (Å²) in [5.41, 5.74) is 4.49. The van der Waals surface area contributed by atoms with Gasteiger partial charge in [0.1, 0.15) is 5.75 Å². The molecule has 0 saturated heterocycles. The fraction of sp³-hybridized carbons (Fsp3) is 0. The number of anilines is 1. The van der Waals surface area contributed by atoms with Crippen LogP contribution in [0.15, 0.2) is 113 Å². The van der Waals surface area contributed by atoms with Crippen LogP contribution in [0.3, 0.4) is 0 Å². The van der Waals surface area contributed by atoms with Crippen molar-refractivity contribution in [3.63, 3.8) is 0 Å². The molecule has 0 aliphatic heterocycles. The van der Waals surface area contributed by atoms with Gasteiger partial charge in [-0.1, -0.05) is 46.3 Å². The molecule has 0 aliphatic rings. The van der Waals surface area contributed by atoms with E-state index < -0.39 is 16.8 Å². The van der Waals surface area contributed by atoms with Crippen LogP contribution in [0.5, 0.6) is 5.75 Å². The van der Waals surface area contributed by atoms with Crippen molar-refractivity contribution in [3.05, 3.63) is 140 Å². The van der Waals surface area contributed by atoms with Crippen LogP contribution >= 0.6 is 15.9 Å². The normalized spacial score (nSPS) is 10.9. The maximum Gasteiger partial charge on any atom is 0.343 e. The van der Waals surface area contributed by atoms with Gasteiger partial charge in [0.2, 0.25) is 5.91 Å². The first-order valence-corrected chi connectivity index (χ1v) is 12.8. The second kappa shape index (κ2) is 13.6. The van der Waals surface area contributed by atoms with Crippen molar-refractivity contribution in [2.75, 3.05) is 5.32 Å². The number of rotatable bonds is 9. The zero-order valence-electron chi connectivity index (χ0n) is 21.2. The highest BCUT2D eigenvalue weighted by atomic mass is 79.9. The molecule has 11 heteroatoms. The minimum Gasteiger partial charge on any atom is -0.422 e. The van der Waals surface area contributed by atoms with E-state index in [9.17, 15) is 24.5 Å². The zero-order chi connectivity index (χ0) is 29.2. The standard InChI is InChI=1S/C30H21BrN4O6/c31-24-11-16-27(41-30(38)22-9-14-26(15-10-22)35(39)40)23(18-24)19-32-34-29(37)21-7-12-25(13-8-21)33-28(36)17-6-20-4-2-1-3-5-20/h1-19H,(H,33,36)(H,34,37)/b17-6+,32-19-. The van der Waals surface area contributed by atoms with E-state index in [0.29, 0.717) is 21.3 Å². The molecule has 41 heavy (non-hydrogen) atoms. The molecule has 204 valence electrons. The van der Waals surface area contributed by atoms with E-state index in [1.54, 1.807) is 36.4 Å². The number of non-ortho nitro benzene ring substituents is 1. The highest BCUT2D eigenvalue weighted by Crippen LogP contribution is 2.23. The number of hydrogen-bond donors (Lipinski definition) is 2. The number of nitrogens with zero attached hydrogens (tertiary/aromatic N) is 2. The van der Waals surface area contributed by atoms with Gasteiger partial charge in [0, 0.05) is 39.5 Å². The number of ether oxygens (including phenoxy) is 1. The molecule has 2 amide bonds. The van der Waals surface area contributed by atoms with Gasteiger partial charge >= 0.3 is 5.97 Å². The maximum absolute atomic E-state index is 12.6. The quantitative estimate of drug-likeness (QED) is 0.0594. The van der Waals surface area contributed by atoms with Crippen LogP contribution in [-0.2, 0) is 4.79 Å². The van der Waals surface area contributed by atoms with Crippen LogP contribution in [0.4, 0.5) is 11.4 Å². The molecule has 4 rings (SSSR count). The minimum absolute atomic E-state index is 0.126. The van der Waals surface area contributed by atoms with Crippen molar-refractivity contribution in [2.24, 2.45) is 5.10 Å². The lowest BCUT2D eigenvalue weighted by molar-refractivity contribution is -0.384. The highest BCUT2D eigenvalue weighted by molar-refractivity contribution is 9.10. The van der Waals surface area contributed by atoms with Gasteiger partial charge in [0.15, 0.2) is 0 Å². The Balaban J connectivity index is 1.35. The summed E-state index contributed by atoms with van der Waals surface area (Å²) in [5.74, 6) is -1.36. The van der Waals surface area contributed by atoms with Gasteiger partial charge in [-0.15, -0.1) is 0 Å². The molecule has 10 nitrogen and oxygen atoms in total. The highest BCUT2D eigenvalue weighted by Gasteiger charge is 2.14. The van der Waals surface area contributed by atoms with Crippen molar-refractivity contribution in [3.8, 4) is 5.75 Å². The third-order valence-electron chi connectivity index (χ3n) is 5.50. The first-order chi connectivity index (χ1) is 19.8. The monoisotopic (exact) mass is 612 g/mol. The summed E-state index contributed by atoms with van der Waals surface area (Å²) in [5, 5.41) is 17.5. The van der Waals surface area contributed by atoms with Crippen molar-refractivity contribution in [2.45, 2.75) is 0 Å². The van der Waals surface area contributed by atoms with Crippen molar-refractivity contribution in [1.29, 1.82) is 0 Å². The number of nitro benzene ring substituents is 1. The maximum atomic E-state index is 12.6. The molecule has 0 fully saturated rings. The minimum atomic E-state index is -0.719. The topological polar surface area (TPSA) is 140 Å². The van der Waals surface area contributed by atoms with Gasteiger partial charge in [-0.3, -0.25) is 19.7 Å². The summed E-state index contributed by atoms with van der Waals surface area (Å²) in [7, 11) is 0. The number of carbonyl (C=O) groups is 3. The molecule has 0 aromatic heterocycles. The van der Waals surface area contributed by atoms with E-state index in [1.165, 1.54) is 48.7 Å². The number of hydrazone groups is 1. The fourth-order valence-electron chi connectivity index (χ4n) is 3.44. The van der Waals surface area contributed by atoms with Crippen LogP contribution in [0, 0.1) is 10.1 Å². The second-order valence-electron chi connectivity index (χ2n) is 8.39. The van der Waals surface area contributed by atoms with E-state index in [1.807, 2.05) is 30.3 Å². The Morgan fingerprint density at radius 3 is 2.24 bits per heavy atom. The van der Waals surface area contributed by atoms with Crippen LogP contribution in [0.2, 0.25) is 0 Å². The van der Waals surface area contributed by atoms with Crippen molar-refractivity contribution >= 4 is 57.4 Å². The Bertz CT molecular complexity index is 1640. The van der Waals surface area contributed by atoms with E-state index in [2.05, 4.69) is 31.8 Å². The van der Waals surface area contributed by atoms with Crippen LogP contribution in [0.1, 0.15) is 31.8 Å². The summed E-state index contributed by atoms with van der Waals surface area (Å²) in [6.07, 6.45) is 4.43. The number of esters is 1. The van der Waals surface area contributed by atoms with E-state index in [-0.39, 0.29) is 22.9 Å². The number of nitrogens with one attached hydrogen (secondary N) is 2. The van der Waals surface area contributed by atoms with Gasteiger partial charge in [-0.05, 0) is 66.2 Å². The molecule has 4 aromatic rings. The number of hydrogen-bond acceptors (Lipinski definition) is 7. The number of nitro groups is 1. The SMILES string of the molecule is O=C(/C=C/c1ccccc1)Nc1ccc(C(=O)N/N=C\c2cc(Br)ccc2OC(=O)c2ccc([N+](=O)[O-])cc2)cc1. The summed E-state index contributed by atoms with van der Waals surface area (Å²) in [6.45, 7) is 0. The largest absolute Gasteiger partial charge is 0.422 e. The Labute approximate surface area is 242 Å². The number of amides is 2. The van der Waals surface area contributed by atoms with Gasteiger partial charge in [0.25, 0.3) is 11.6 Å². The summed E-state index contributed by atoms with van der Waals surface area (Å²) in [4.78, 5) is 47.5. The lowest BCUT2D eigenvalue weighted by Crippen LogP contribution is -2.18. The van der Waals surface area contributed by atoms with Crippen molar-refractivity contribution < 1.29 is 24.0 Å². The van der Waals surface area contributed by atoms with Crippen LogP contribution in [0.25, 0.3) is 6.08 Å². The molecule has 4 aromatic carbocycles. The first-order valence-electron chi connectivity index (χ1n) is 12.0. The molecular formula is C30H21BrN4O6. The summed E-state index contributed by atoms with van der Waals surface area (Å²) >= 11 is 3.34. The summed E-state index contributed by atoms with van der Waals surface area (Å²) in [6, 6.07) is 25.5. The van der Waals surface area contributed by atoms with E-state index in [4.69, 9.17) is 4.74 Å². The average molecular weight is 613 g/mol. The fourth-order valence-corrected chi connectivity index (χ4v) is 3.82. The molecule has 0 saturated carbocycles. The van der Waals surface area contributed by atoms with Gasteiger partial charge in [-0.25, -0.2) is 10.2 Å². The van der Waals surface area contributed by atoms with Gasteiger partial charge in [0.05, 0.1) is 16.7 Å². The molecular weight excluding hydrogens is 592 g/mol. The first kappa shape index (κ1) is 28.6. The lowest BCUT2D eigenvalue weighted by atomic mass is 10.2. The zero-order valence-corrected chi connectivity index (χ0v) is 22.8. The molecule has 0 aliphatic carbocycles. The number of halogens is 1. The smallest absolute Gasteiger partial charge is 0.343 e. The molecule has 0 bridgehead atoms. The third-order valence-corrected chi connectivity index (χ3v) is 5.99.